The topological polar surface area (TPSA) is 63.8 Å². The van der Waals surface area contributed by atoms with E-state index in [1.165, 1.54) is 0 Å². The molecule has 0 saturated carbocycles. The molecule has 0 aliphatic heterocycles. The van der Waals surface area contributed by atoms with E-state index in [4.69, 9.17) is 9.40 Å². The Morgan fingerprint density at radius 2 is 1.92 bits per heavy atom. The minimum absolute atomic E-state index is 0.0000504. The van der Waals surface area contributed by atoms with Gasteiger partial charge in [-0.25, -0.2) is 9.97 Å². The molecule has 0 saturated heterocycles. The van der Waals surface area contributed by atoms with Gasteiger partial charge < -0.3 is 9.73 Å². The lowest BCUT2D eigenvalue weighted by Gasteiger charge is -2.15. The van der Waals surface area contributed by atoms with E-state index in [1.807, 2.05) is 55.5 Å². The third-order valence-corrected chi connectivity index (χ3v) is 3.85. The lowest BCUT2D eigenvalue weighted by molar-refractivity contribution is 0.490. The quantitative estimate of drug-likeness (QED) is 0.602. The predicted molar refractivity (Wildman–Crippen MR) is 93.5 cm³/mol. The number of rotatable bonds is 4. The third kappa shape index (κ3) is 2.72. The van der Waals surface area contributed by atoms with Crippen LogP contribution in [0.1, 0.15) is 18.7 Å². The lowest BCUT2D eigenvalue weighted by Crippen LogP contribution is -2.08. The molecule has 0 amide bonds. The van der Waals surface area contributed by atoms with Gasteiger partial charge in [-0.3, -0.25) is 4.98 Å². The Bertz CT molecular complexity index is 952. The molecule has 24 heavy (non-hydrogen) atoms. The van der Waals surface area contributed by atoms with Gasteiger partial charge >= 0.3 is 0 Å². The second-order valence-electron chi connectivity index (χ2n) is 5.54. The van der Waals surface area contributed by atoms with Crippen molar-refractivity contribution in [2.45, 2.75) is 13.0 Å². The summed E-state index contributed by atoms with van der Waals surface area (Å²) in [4.78, 5) is 13.5. The van der Waals surface area contributed by atoms with Crippen LogP contribution in [0, 0.1) is 0 Å². The van der Waals surface area contributed by atoms with E-state index in [-0.39, 0.29) is 6.04 Å². The number of furan rings is 1. The molecule has 0 spiro atoms. The van der Waals surface area contributed by atoms with Crippen molar-refractivity contribution in [3.05, 3.63) is 72.9 Å². The first-order valence-corrected chi connectivity index (χ1v) is 7.78. The van der Waals surface area contributed by atoms with Gasteiger partial charge in [0, 0.05) is 23.3 Å². The molecule has 1 aromatic carbocycles. The van der Waals surface area contributed by atoms with Crippen LogP contribution in [0.4, 0.5) is 5.82 Å². The number of benzene rings is 1. The van der Waals surface area contributed by atoms with E-state index >= 15 is 0 Å². The monoisotopic (exact) mass is 316 g/mol. The number of anilines is 1. The van der Waals surface area contributed by atoms with Gasteiger partial charge in [-0.1, -0.05) is 12.1 Å². The van der Waals surface area contributed by atoms with Crippen molar-refractivity contribution in [3.8, 4) is 11.4 Å². The van der Waals surface area contributed by atoms with E-state index in [1.54, 1.807) is 18.7 Å². The Labute approximate surface area is 139 Å². The maximum Gasteiger partial charge on any atom is 0.163 e. The van der Waals surface area contributed by atoms with Gasteiger partial charge in [0.25, 0.3) is 0 Å². The van der Waals surface area contributed by atoms with Crippen molar-refractivity contribution >= 4 is 16.7 Å². The number of para-hydroxylation sites is 1. The van der Waals surface area contributed by atoms with Crippen molar-refractivity contribution in [2.24, 2.45) is 0 Å². The highest BCUT2D eigenvalue weighted by Crippen LogP contribution is 2.27. The molecule has 5 heteroatoms. The second-order valence-corrected chi connectivity index (χ2v) is 5.54. The molecular weight excluding hydrogens is 300 g/mol. The van der Waals surface area contributed by atoms with Gasteiger partial charge in [-0.05, 0) is 43.3 Å². The summed E-state index contributed by atoms with van der Waals surface area (Å²) < 4.78 is 5.48. The first kappa shape index (κ1) is 14.4. The van der Waals surface area contributed by atoms with Gasteiger partial charge in [-0.15, -0.1) is 0 Å². The Morgan fingerprint density at radius 1 is 1.00 bits per heavy atom. The molecule has 118 valence electrons. The lowest BCUT2D eigenvalue weighted by atomic mass is 10.2. The molecule has 1 N–H and O–H groups in total. The second kappa shape index (κ2) is 6.12. The summed E-state index contributed by atoms with van der Waals surface area (Å²) in [7, 11) is 0. The Morgan fingerprint density at radius 3 is 2.71 bits per heavy atom. The van der Waals surface area contributed by atoms with Crippen LogP contribution >= 0.6 is 0 Å². The van der Waals surface area contributed by atoms with Gasteiger partial charge in [0.1, 0.15) is 11.6 Å². The number of hydrogen-bond donors (Lipinski definition) is 1. The van der Waals surface area contributed by atoms with Crippen LogP contribution in [-0.2, 0) is 0 Å². The first-order valence-electron chi connectivity index (χ1n) is 7.78. The summed E-state index contributed by atoms with van der Waals surface area (Å²) >= 11 is 0. The molecule has 0 unspecified atom stereocenters. The molecule has 1 atom stereocenters. The van der Waals surface area contributed by atoms with Crippen LogP contribution in [0.15, 0.2) is 71.6 Å². The van der Waals surface area contributed by atoms with E-state index in [0.717, 1.165) is 28.0 Å². The molecular formula is C19H16N4O. The number of hydrogen-bond acceptors (Lipinski definition) is 5. The number of nitrogens with one attached hydrogen (secondary N) is 1. The Kier molecular flexibility index (Phi) is 3.67. The standard InChI is InChI=1S/C19H16N4O/c1-13(17-9-5-11-24-17)21-19-15-7-2-3-8-16(15)22-18(23-19)14-6-4-10-20-12-14/h2-13H,1H3,(H,21,22,23)/t13-/m1/s1. The largest absolute Gasteiger partial charge is 0.467 e. The molecule has 0 fully saturated rings. The molecule has 4 rings (SSSR count). The maximum absolute atomic E-state index is 5.48. The molecule has 3 heterocycles. The average molecular weight is 316 g/mol. The molecule has 4 aromatic rings. The van der Waals surface area contributed by atoms with Crippen LogP contribution in [0.25, 0.3) is 22.3 Å². The zero-order valence-electron chi connectivity index (χ0n) is 13.2. The van der Waals surface area contributed by atoms with Crippen molar-refractivity contribution in [1.82, 2.24) is 15.0 Å². The fourth-order valence-electron chi connectivity index (χ4n) is 2.62. The summed E-state index contributed by atoms with van der Waals surface area (Å²) in [6.07, 6.45) is 5.18. The van der Waals surface area contributed by atoms with Crippen molar-refractivity contribution in [3.63, 3.8) is 0 Å². The minimum atomic E-state index is 0.0000504. The van der Waals surface area contributed by atoms with Gasteiger partial charge in [0.05, 0.1) is 17.8 Å². The zero-order valence-corrected chi connectivity index (χ0v) is 13.2. The number of nitrogens with zero attached hydrogens (tertiary/aromatic N) is 3. The minimum Gasteiger partial charge on any atom is -0.467 e. The maximum atomic E-state index is 5.48. The smallest absolute Gasteiger partial charge is 0.163 e. The van der Waals surface area contributed by atoms with E-state index in [2.05, 4.69) is 15.3 Å². The highest BCUT2D eigenvalue weighted by Gasteiger charge is 2.13. The number of pyridine rings is 1. The molecule has 0 aliphatic rings. The van der Waals surface area contributed by atoms with Crippen molar-refractivity contribution in [2.75, 3.05) is 5.32 Å². The zero-order chi connectivity index (χ0) is 16.4. The van der Waals surface area contributed by atoms with Gasteiger partial charge in [-0.2, -0.15) is 0 Å². The Hall–Kier alpha value is -3.21. The predicted octanol–water partition coefficient (Wildman–Crippen LogP) is 4.46. The summed E-state index contributed by atoms with van der Waals surface area (Å²) in [5, 5.41) is 4.41. The van der Waals surface area contributed by atoms with Crippen LogP contribution < -0.4 is 5.32 Å². The highest BCUT2D eigenvalue weighted by atomic mass is 16.3. The summed E-state index contributed by atoms with van der Waals surface area (Å²) in [6.45, 7) is 2.04. The van der Waals surface area contributed by atoms with Crippen LogP contribution in [0.5, 0.6) is 0 Å². The van der Waals surface area contributed by atoms with Crippen LogP contribution in [0.2, 0.25) is 0 Å². The molecule has 0 bridgehead atoms. The summed E-state index contributed by atoms with van der Waals surface area (Å²) in [5.41, 5.74) is 1.78. The molecule has 5 nitrogen and oxygen atoms in total. The van der Waals surface area contributed by atoms with Crippen molar-refractivity contribution in [1.29, 1.82) is 0 Å². The van der Waals surface area contributed by atoms with Crippen LogP contribution in [0.3, 0.4) is 0 Å². The summed E-state index contributed by atoms with van der Waals surface area (Å²) in [5.74, 6) is 2.29. The van der Waals surface area contributed by atoms with E-state index in [0.29, 0.717) is 5.82 Å². The van der Waals surface area contributed by atoms with Gasteiger partial charge in [0.2, 0.25) is 0 Å². The highest BCUT2D eigenvalue weighted by molar-refractivity contribution is 5.90. The SMILES string of the molecule is C[C@@H](Nc1nc(-c2cccnc2)nc2ccccc12)c1ccco1. The number of aromatic nitrogens is 3. The first-order chi connectivity index (χ1) is 11.8. The summed E-state index contributed by atoms with van der Waals surface area (Å²) in [6, 6.07) is 15.6. The molecule has 3 aromatic heterocycles. The fourth-order valence-corrected chi connectivity index (χ4v) is 2.62. The van der Waals surface area contributed by atoms with E-state index in [9.17, 15) is 0 Å². The Balaban J connectivity index is 1.81. The third-order valence-electron chi connectivity index (χ3n) is 3.85. The van der Waals surface area contributed by atoms with E-state index < -0.39 is 0 Å². The number of fused-ring (bicyclic) bond motifs is 1. The normalized spacial score (nSPS) is 12.2. The average Bonchev–Trinajstić information content (AvgIpc) is 3.17. The van der Waals surface area contributed by atoms with Crippen LogP contribution in [-0.4, -0.2) is 15.0 Å². The van der Waals surface area contributed by atoms with Crippen molar-refractivity contribution < 1.29 is 4.42 Å². The fraction of sp³-hybridized carbons (Fsp3) is 0.105. The van der Waals surface area contributed by atoms with Gasteiger partial charge in [0.15, 0.2) is 5.82 Å². The molecule has 0 radical (unpaired) electrons. The molecule has 0 aliphatic carbocycles.